The molecule has 1 aromatic carbocycles. The summed E-state index contributed by atoms with van der Waals surface area (Å²) in [5.74, 6) is 1.45. The molecule has 1 aromatic heterocycles. The Bertz CT molecular complexity index is 799. The van der Waals surface area contributed by atoms with Crippen LogP contribution in [0.5, 0.6) is 5.75 Å². The van der Waals surface area contributed by atoms with Gasteiger partial charge in [-0.3, -0.25) is 9.48 Å². The molecular formula is C21H30N4O2. The lowest BCUT2D eigenvalue weighted by Gasteiger charge is -2.41. The van der Waals surface area contributed by atoms with Crippen molar-refractivity contribution < 1.29 is 9.53 Å². The quantitative estimate of drug-likeness (QED) is 0.812. The van der Waals surface area contributed by atoms with Gasteiger partial charge in [0.15, 0.2) is 0 Å². The second-order valence-electron chi connectivity index (χ2n) is 7.71. The van der Waals surface area contributed by atoms with Crippen molar-refractivity contribution in [1.29, 1.82) is 0 Å². The van der Waals surface area contributed by atoms with Gasteiger partial charge in [-0.25, -0.2) is 0 Å². The highest BCUT2D eigenvalue weighted by molar-refractivity contribution is 5.93. The van der Waals surface area contributed by atoms with E-state index < -0.39 is 0 Å². The first-order chi connectivity index (χ1) is 12.9. The molecule has 1 aliphatic rings. The number of hydrogen-bond acceptors (Lipinski definition) is 4. The lowest BCUT2D eigenvalue weighted by molar-refractivity contribution is 0.0662. The van der Waals surface area contributed by atoms with Crippen LogP contribution in [0.25, 0.3) is 0 Å². The normalized spacial score (nSPS) is 17.5. The molecule has 0 saturated carbocycles. The minimum Gasteiger partial charge on any atom is -0.495 e. The first-order valence-electron chi connectivity index (χ1n) is 9.62. The molecule has 1 aliphatic heterocycles. The Balaban J connectivity index is 1.73. The zero-order valence-corrected chi connectivity index (χ0v) is 17.0. The van der Waals surface area contributed by atoms with Gasteiger partial charge >= 0.3 is 0 Å². The molecule has 3 rings (SSSR count). The van der Waals surface area contributed by atoms with Crippen molar-refractivity contribution in [2.45, 2.75) is 33.2 Å². The molecule has 0 radical (unpaired) electrons. The molecule has 146 valence electrons. The Kier molecular flexibility index (Phi) is 5.73. The minimum absolute atomic E-state index is 0.0622. The van der Waals surface area contributed by atoms with Crippen LogP contribution in [-0.2, 0) is 13.5 Å². The maximum absolute atomic E-state index is 13.1. The molecule has 1 amide bonds. The number of para-hydroxylation sites is 2. The highest BCUT2D eigenvalue weighted by Crippen LogP contribution is 2.29. The molecular weight excluding hydrogens is 340 g/mol. The zero-order valence-electron chi connectivity index (χ0n) is 17.0. The van der Waals surface area contributed by atoms with Crippen LogP contribution in [0.15, 0.2) is 30.3 Å². The van der Waals surface area contributed by atoms with E-state index in [4.69, 9.17) is 4.74 Å². The van der Waals surface area contributed by atoms with Crippen molar-refractivity contribution in [1.82, 2.24) is 14.7 Å². The highest BCUT2D eigenvalue weighted by Gasteiger charge is 2.30. The lowest BCUT2D eigenvalue weighted by atomic mass is 10.1. The number of nitrogens with zero attached hydrogens (tertiary/aromatic N) is 4. The summed E-state index contributed by atoms with van der Waals surface area (Å²) in [6, 6.07) is 10.1. The van der Waals surface area contributed by atoms with Gasteiger partial charge in [0, 0.05) is 32.7 Å². The molecule has 6 heteroatoms. The van der Waals surface area contributed by atoms with Crippen LogP contribution in [0, 0.1) is 5.92 Å². The Morgan fingerprint density at radius 2 is 2.04 bits per heavy atom. The maximum atomic E-state index is 13.1. The van der Waals surface area contributed by atoms with Gasteiger partial charge in [0.1, 0.15) is 11.4 Å². The van der Waals surface area contributed by atoms with Crippen molar-refractivity contribution in [2.24, 2.45) is 13.0 Å². The van der Waals surface area contributed by atoms with E-state index in [2.05, 4.69) is 36.8 Å². The first kappa shape index (κ1) is 19.3. The number of anilines is 1. The number of carbonyl (C=O) groups excluding carboxylic acids is 1. The molecule has 1 unspecified atom stereocenters. The predicted octanol–water partition coefficient (Wildman–Crippen LogP) is 2.98. The fourth-order valence-corrected chi connectivity index (χ4v) is 3.76. The van der Waals surface area contributed by atoms with Crippen molar-refractivity contribution in [3.63, 3.8) is 0 Å². The van der Waals surface area contributed by atoms with E-state index in [1.165, 1.54) is 0 Å². The maximum Gasteiger partial charge on any atom is 0.272 e. The van der Waals surface area contributed by atoms with Crippen LogP contribution in [0.1, 0.15) is 37.0 Å². The molecule has 1 atom stereocenters. The Morgan fingerprint density at radius 3 is 2.70 bits per heavy atom. The summed E-state index contributed by atoms with van der Waals surface area (Å²) < 4.78 is 7.22. The first-order valence-corrected chi connectivity index (χ1v) is 9.62. The summed E-state index contributed by atoms with van der Waals surface area (Å²) in [5, 5.41) is 4.52. The summed E-state index contributed by atoms with van der Waals surface area (Å²) in [7, 11) is 3.55. The lowest BCUT2D eigenvalue weighted by Crippen LogP contribution is -2.54. The third kappa shape index (κ3) is 4.10. The third-order valence-electron chi connectivity index (χ3n) is 5.08. The van der Waals surface area contributed by atoms with Gasteiger partial charge in [0.2, 0.25) is 0 Å². The second kappa shape index (κ2) is 8.03. The monoisotopic (exact) mass is 370 g/mol. The molecule has 0 spiro atoms. The van der Waals surface area contributed by atoms with Gasteiger partial charge in [-0.15, -0.1) is 0 Å². The van der Waals surface area contributed by atoms with Crippen LogP contribution in [-0.4, -0.2) is 53.4 Å². The standard InChI is InChI=1S/C21H30N4O2/c1-15(2)12-17-13-19(23(4)22-17)21(26)25-11-10-24(14-16(25)3)18-8-6-7-9-20(18)27-5/h6-9,13,15-16H,10-12,14H2,1-5H3. The number of carbonyl (C=O) groups is 1. The van der Waals surface area contributed by atoms with Gasteiger partial charge in [-0.05, 0) is 37.5 Å². The number of methoxy groups -OCH3 is 1. The van der Waals surface area contributed by atoms with E-state index in [1.807, 2.05) is 36.2 Å². The van der Waals surface area contributed by atoms with Crippen molar-refractivity contribution in [3.8, 4) is 5.75 Å². The number of hydrogen-bond donors (Lipinski definition) is 0. The van der Waals surface area contributed by atoms with Crippen molar-refractivity contribution in [2.75, 3.05) is 31.6 Å². The molecule has 2 heterocycles. The van der Waals surface area contributed by atoms with E-state index in [0.717, 1.165) is 36.6 Å². The Labute approximate surface area is 161 Å². The SMILES string of the molecule is COc1ccccc1N1CCN(C(=O)c2cc(CC(C)C)nn2C)C(C)C1. The minimum atomic E-state index is 0.0622. The van der Waals surface area contributed by atoms with Gasteiger partial charge < -0.3 is 14.5 Å². The molecule has 0 N–H and O–H groups in total. The Morgan fingerprint density at radius 1 is 1.30 bits per heavy atom. The molecule has 1 fully saturated rings. The number of ether oxygens (including phenoxy) is 1. The number of amides is 1. The topological polar surface area (TPSA) is 50.6 Å². The van der Waals surface area contributed by atoms with Crippen molar-refractivity contribution >= 4 is 11.6 Å². The van der Waals surface area contributed by atoms with Gasteiger partial charge in [0.05, 0.1) is 18.5 Å². The predicted molar refractivity (Wildman–Crippen MR) is 107 cm³/mol. The molecule has 27 heavy (non-hydrogen) atoms. The molecule has 2 aromatic rings. The average molecular weight is 370 g/mol. The third-order valence-corrected chi connectivity index (χ3v) is 5.08. The van der Waals surface area contributed by atoms with Gasteiger partial charge in [-0.1, -0.05) is 26.0 Å². The summed E-state index contributed by atoms with van der Waals surface area (Å²) in [6.07, 6.45) is 0.887. The fraction of sp³-hybridized carbons (Fsp3) is 0.524. The summed E-state index contributed by atoms with van der Waals surface area (Å²) in [5.41, 5.74) is 2.73. The van der Waals surface area contributed by atoms with Gasteiger partial charge in [0.25, 0.3) is 5.91 Å². The smallest absolute Gasteiger partial charge is 0.272 e. The van der Waals surface area contributed by atoms with E-state index in [0.29, 0.717) is 18.2 Å². The second-order valence-corrected chi connectivity index (χ2v) is 7.71. The van der Waals surface area contributed by atoms with E-state index in [-0.39, 0.29) is 11.9 Å². The zero-order chi connectivity index (χ0) is 19.6. The fourth-order valence-electron chi connectivity index (χ4n) is 3.76. The number of benzene rings is 1. The summed E-state index contributed by atoms with van der Waals surface area (Å²) >= 11 is 0. The number of aromatic nitrogens is 2. The molecule has 6 nitrogen and oxygen atoms in total. The number of piperazine rings is 1. The van der Waals surface area contributed by atoms with Crippen molar-refractivity contribution in [3.05, 3.63) is 41.7 Å². The van der Waals surface area contributed by atoms with Crippen LogP contribution < -0.4 is 9.64 Å². The average Bonchev–Trinajstić information content (AvgIpc) is 3.00. The summed E-state index contributed by atoms with van der Waals surface area (Å²) in [6.45, 7) is 8.67. The van der Waals surface area contributed by atoms with E-state index >= 15 is 0 Å². The van der Waals surface area contributed by atoms with Crippen LogP contribution >= 0.6 is 0 Å². The molecule has 0 bridgehead atoms. The van der Waals surface area contributed by atoms with E-state index in [1.54, 1.807) is 11.8 Å². The highest BCUT2D eigenvalue weighted by atomic mass is 16.5. The largest absolute Gasteiger partial charge is 0.495 e. The number of aryl methyl sites for hydroxylation is 1. The Hall–Kier alpha value is -2.50. The van der Waals surface area contributed by atoms with Crippen LogP contribution in [0.4, 0.5) is 5.69 Å². The van der Waals surface area contributed by atoms with Gasteiger partial charge in [-0.2, -0.15) is 5.10 Å². The number of rotatable bonds is 5. The molecule has 0 aliphatic carbocycles. The molecule has 1 saturated heterocycles. The summed E-state index contributed by atoms with van der Waals surface area (Å²) in [4.78, 5) is 17.4. The van der Waals surface area contributed by atoms with E-state index in [9.17, 15) is 4.79 Å². The van der Waals surface area contributed by atoms with Crippen LogP contribution in [0.2, 0.25) is 0 Å². The van der Waals surface area contributed by atoms with Crippen LogP contribution in [0.3, 0.4) is 0 Å².